The number of benzene rings is 1. The zero-order valence-corrected chi connectivity index (χ0v) is 11.8. The van der Waals surface area contributed by atoms with Crippen LogP contribution in [0.3, 0.4) is 0 Å². The number of amides is 1. The fraction of sp³-hybridized carbons (Fsp3) is 0.533. The number of carbonyl (C=O) groups is 1. The number of nitrogens with zero attached hydrogens (tertiary/aromatic N) is 2. The topological polar surface area (TPSA) is 23.6 Å². The van der Waals surface area contributed by atoms with Crippen molar-refractivity contribution in [3.8, 4) is 0 Å². The van der Waals surface area contributed by atoms with Crippen molar-refractivity contribution in [3.05, 3.63) is 29.8 Å². The lowest BCUT2D eigenvalue weighted by Gasteiger charge is -2.23. The SMILES string of the molecule is O=C1CC(CCl)CN1CCN1CCc2ccccc21. The molecule has 1 atom stereocenters. The minimum Gasteiger partial charge on any atom is -0.369 e. The van der Waals surface area contributed by atoms with Gasteiger partial charge in [0.25, 0.3) is 0 Å². The van der Waals surface area contributed by atoms with Gasteiger partial charge in [0.2, 0.25) is 5.91 Å². The third-order valence-electron chi connectivity index (χ3n) is 4.14. The monoisotopic (exact) mass is 278 g/mol. The maximum atomic E-state index is 11.8. The third kappa shape index (κ3) is 2.57. The molecular formula is C15H19ClN2O. The van der Waals surface area contributed by atoms with Gasteiger partial charge in [-0.1, -0.05) is 18.2 Å². The zero-order valence-electron chi connectivity index (χ0n) is 11.0. The van der Waals surface area contributed by atoms with Crippen LogP contribution in [-0.2, 0) is 11.2 Å². The molecule has 2 heterocycles. The molecule has 0 radical (unpaired) electrons. The lowest BCUT2D eigenvalue weighted by molar-refractivity contribution is -0.127. The summed E-state index contributed by atoms with van der Waals surface area (Å²) in [6.45, 7) is 3.65. The number of anilines is 1. The van der Waals surface area contributed by atoms with E-state index in [2.05, 4.69) is 29.2 Å². The van der Waals surface area contributed by atoms with Gasteiger partial charge in [-0.3, -0.25) is 4.79 Å². The summed E-state index contributed by atoms with van der Waals surface area (Å²) >= 11 is 5.84. The Kier molecular flexibility index (Phi) is 3.65. The zero-order chi connectivity index (χ0) is 13.2. The van der Waals surface area contributed by atoms with Gasteiger partial charge in [-0.15, -0.1) is 11.6 Å². The molecule has 4 heteroatoms. The number of halogens is 1. The second-order valence-electron chi connectivity index (χ2n) is 5.43. The Labute approximate surface area is 119 Å². The first-order valence-corrected chi connectivity index (χ1v) is 7.48. The maximum absolute atomic E-state index is 11.8. The van der Waals surface area contributed by atoms with Crippen LogP contribution in [0.15, 0.2) is 24.3 Å². The second kappa shape index (κ2) is 5.41. The lowest BCUT2D eigenvalue weighted by atomic mass is 10.1. The fourth-order valence-corrected chi connectivity index (χ4v) is 3.26. The van der Waals surface area contributed by atoms with Gasteiger partial charge in [-0.2, -0.15) is 0 Å². The quantitative estimate of drug-likeness (QED) is 0.788. The number of para-hydroxylation sites is 1. The van der Waals surface area contributed by atoms with Gasteiger partial charge < -0.3 is 9.80 Å². The molecule has 1 fully saturated rings. The van der Waals surface area contributed by atoms with Crippen molar-refractivity contribution in [3.63, 3.8) is 0 Å². The van der Waals surface area contributed by atoms with Crippen molar-refractivity contribution in [1.29, 1.82) is 0 Å². The first-order valence-electron chi connectivity index (χ1n) is 6.94. The fourth-order valence-electron chi connectivity index (χ4n) is 3.05. The smallest absolute Gasteiger partial charge is 0.223 e. The first-order chi connectivity index (χ1) is 9.28. The summed E-state index contributed by atoms with van der Waals surface area (Å²) in [6.07, 6.45) is 1.74. The molecule has 102 valence electrons. The van der Waals surface area contributed by atoms with Crippen LogP contribution in [0.5, 0.6) is 0 Å². The highest BCUT2D eigenvalue weighted by Gasteiger charge is 2.29. The van der Waals surface area contributed by atoms with E-state index >= 15 is 0 Å². The average molecular weight is 279 g/mol. The van der Waals surface area contributed by atoms with Crippen molar-refractivity contribution < 1.29 is 4.79 Å². The summed E-state index contributed by atoms with van der Waals surface area (Å²) in [5.74, 6) is 1.20. The molecule has 0 aromatic heterocycles. The number of fused-ring (bicyclic) bond motifs is 1. The Bertz CT molecular complexity index is 477. The standard InChI is InChI=1S/C15H19ClN2O/c16-10-12-9-15(19)18(11-12)8-7-17-6-5-13-3-1-2-4-14(13)17/h1-4,12H,5-11H2. The van der Waals surface area contributed by atoms with Gasteiger partial charge in [0.1, 0.15) is 0 Å². The van der Waals surface area contributed by atoms with Crippen molar-refractivity contribution in [2.45, 2.75) is 12.8 Å². The van der Waals surface area contributed by atoms with Crippen molar-refractivity contribution in [2.75, 3.05) is 37.0 Å². The summed E-state index contributed by atoms with van der Waals surface area (Å²) in [7, 11) is 0. The predicted molar refractivity (Wildman–Crippen MR) is 77.8 cm³/mol. The molecule has 1 aromatic rings. The van der Waals surface area contributed by atoms with E-state index in [4.69, 9.17) is 11.6 Å². The Morgan fingerprint density at radius 3 is 2.79 bits per heavy atom. The molecule has 3 nitrogen and oxygen atoms in total. The van der Waals surface area contributed by atoms with Crippen LogP contribution in [-0.4, -0.2) is 42.9 Å². The molecule has 0 N–H and O–H groups in total. The van der Waals surface area contributed by atoms with E-state index in [0.717, 1.165) is 32.6 Å². The largest absolute Gasteiger partial charge is 0.369 e. The Hall–Kier alpha value is -1.22. The third-order valence-corrected chi connectivity index (χ3v) is 4.57. The van der Waals surface area contributed by atoms with Gasteiger partial charge in [-0.05, 0) is 24.0 Å². The average Bonchev–Trinajstić information content (AvgIpc) is 3.00. The Balaban J connectivity index is 1.58. The van der Waals surface area contributed by atoms with Crippen LogP contribution in [0, 0.1) is 5.92 Å². The first kappa shape index (κ1) is 12.8. The maximum Gasteiger partial charge on any atom is 0.223 e. The number of hydrogen-bond acceptors (Lipinski definition) is 2. The molecule has 0 aliphatic carbocycles. The highest BCUT2D eigenvalue weighted by Crippen LogP contribution is 2.27. The molecule has 1 saturated heterocycles. The summed E-state index contributed by atoms with van der Waals surface area (Å²) in [4.78, 5) is 16.2. The van der Waals surface area contributed by atoms with Crippen molar-refractivity contribution >= 4 is 23.2 Å². The highest BCUT2D eigenvalue weighted by atomic mass is 35.5. The second-order valence-corrected chi connectivity index (χ2v) is 5.74. The lowest BCUT2D eigenvalue weighted by Crippen LogP contribution is -2.35. The number of hydrogen-bond donors (Lipinski definition) is 0. The van der Waals surface area contributed by atoms with Gasteiger partial charge in [-0.25, -0.2) is 0 Å². The summed E-state index contributed by atoms with van der Waals surface area (Å²) in [5.41, 5.74) is 2.76. The molecule has 1 aromatic carbocycles. The minimum atomic E-state index is 0.262. The number of carbonyl (C=O) groups excluding carboxylic acids is 1. The minimum absolute atomic E-state index is 0.262. The normalized spacial score (nSPS) is 22.2. The number of alkyl halides is 1. The predicted octanol–water partition coefficient (Wildman–Crippen LogP) is 2.14. The van der Waals surface area contributed by atoms with Crippen molar-refractivity contribution in [1.82, 2.24) is 4.90 Å². The Morgan fingerprint density at radius 1 is 1.21 bits per heavy atom. The molecule has 1 amide bonds. The van der Waals surface area contributed by atoms with E-state index in [-0.39, 0.29) is 5.91 Å². The van der Waals surface area contributed by atoms with E-state index in [1.165, 1.54) is 11.3 Å². The number of rotatable bonds is 4. The molecule has 2 aliphatic rings. The van der Waals surface area contributed by atoms with Crippen LogP contribution < -0.4 is 4.90 Å². The molecular weight excluding hydrogens is 260 g/mol. The summed E-state index contributed by atoms with van der Waals surface area (Å²) < 4.78 is 0. The van der Waals surface area contributed by atoms with E-state index < -0.39 is 0 Å². The van der Waals surface area contributed by atoms with Gasteiger partial charge in [0.15, 0.2) is 0 Å². The Morgan fingerprint density at radius 2 is 2.00 bits per heavy atom. The van der Waals surface area contributed by atoms with Crippen LogP contribution in [0.2, 0.25) is 0 Å². The molecule has 3 rings (SSSR count). The summed E-state index contributed by atoms with van der Waals surface area (Å²) in [5, 5.41) is 0. The van der Waals surface area contributed by atoms with E-state index in [1.54, 1.807) is 0 Å². The molecule has 0 saturated carbocycles. The van der Waals surface area contributed by atoms with E-state index in [1.807, 2.05) is 4.90 Å². The van der Waals surface area contributed by atoms with Gasteiger partial charge in [0, 0.05) is 44.2 Å². The molecule has 1 unspecified atom stereocenters. The van der Waals surface area contributed by atoms with Crippen LogP contribution >= 0.6 is 11.6 Å². The molecule has 0 bridgehead atoms. The molecule has 2 aliphatic heterocycles. The molecule has 0 spiro atoms. The van der Waals surface area contributed by atoms with E-state index in [9.17, 15) is 4.79 Å². The molecule has 19 heavy (non-hydrogen) atoms. The van der Waals surface area contributed by atoms with E-state index in [0.29, 0.717) is 18.2 Å². The van der Waals surface area contributed by atoms with Crippen LogP contribution in [0.25, 0.3) is 0 Å². The summed E-state index contributed by atoms with van der Waals surface area (Å²) in [6, 6.07) is 8.55. The van der Waals surface area contributed by atoms with Gasteiger partial charge >= 0.3 is 0 Å². The number of likely N-dealkylation sites (tertiary alicyclic amines) is 1. The van der Waals surface area contributed by atoms with Gasteiger partial charge in [0.05, 0.1) is 0 Å². The van der Waals surface area contributed by atoms with Crippen molar-refractivity contribution in [2.24, 2.45) is 5.92 Å². The van der Waals surface area contributed by atoms with Crippen LogP contribution in [0.4, 0.5) is 5.69 Å². The highest BCUT2D eigenvalue weighted by molar-refractivity contribution is 6.18. The van der Waals surface area contributed by atoms with Crippen LogP contribution in [0.1, 0.15) is 12.0 Å².